The van der Waals surface area contributed by atoms with Gasteiger partial charge in [-0.25, -0.2) is 4.79 Å². The summed E-state index contributed by atoms with van der Waals surface area (Å²) in [6.45, 7) is 9.51. The molecule has 13 nitrogen and oxygen atoms in total. The van der Waals surface area contributed by atoms with Crippen molar-refractivity contribution in [1.29, 1.82) is 0 Å². The number of amides is 2. The van der Waals surface area contributed by atoms with Crippen LogP contribution in [0, 0.1) is 39.9 Å². The highest BCUT2D eigenvalue weighted by atomic mass is 16.5. The van der Waals surface area contributed by atoms with Crippen LogP contribution in [0.15, 0.2) is 11.6 Å². The Morgan fingerprint density at radius 3 is 2.37 bits per heavy atom. The molecule has 0 aromatic heterocycles. The summed E-state index contributed by atoms with van der Waals surface area (Å²) in [5.41, 5.74) is -3.10. The van der Waals surface area contributed by atoms with Gasteiger partial charge in [0.05, 0.1) is 12.5 Å². The number of esters is 1. The van der Waals surface area contributed by atoms with E-state index in [0.717, 1.165) is 18.4 Å². The van der Waals surface area contributed by atoms with E-state index in [9.17, 15) is 44.1 Å². The van der Waals surface area contributed by atoms with E-state index in [-0.39, 0.29) is 67.1 Å². The third-order valence-electron chi connectivity index (χ3n) is 12.4. The fourth-order valence-electron chi connectivity index (χ4n) is 9.34. The third-order valence-corrected chi connectivity index (χ3v) is 12.4. The Balaban J connectivity index is 1.30. The van der Waals surface area contributed by atoms with E-state index in [2.05, 4.69) is 17.6 Å². The molecule has 0 radical (unpaired) electrons. The number of carbonyl (C=O) groups excluding carboxylic acids is 5. The van der Waals surface area contributed by atoms with E-state index >= 15 is 0 Å². The Morgan fingerprint density at radius 2 is 1.73 bits per heavy atom. The summed E-state index contributed by atoms with van der Waals surface area (Å²) in [5, 5.41) is 47.6. The summed E-state index contributed by atoms with van der Waals surface area (Å²) in [5.74, 6) is -4.32. The minimum Gasteiger partial charge on any atom is -0.479 e. The number of aliphatic hydroxyl groups is 3. The second kappa shape index (κ2) is 14.2. The molecule has 0 heterocycles. The molecule has 9 atom stereocenters. The molecule has 4 rings (SSSR count). The van der Waals surface area contributed by atoms with Gasteiger partial charge in [-0.1, -0.05) is 47.1 Å². The molecule has 3 fully saturated rings. The summed E-state index contributed by atoms with van der Waals surface area (Å²) >= 11 is 0. The van der Waals surface area contributed by atoms with E-state index in [1.165, 1.54) is 13.8 Å². The average Bonchev–Trinajstić information content (AvgIpc) is 3.30. The van der Waals surface area contributed by atoms with Crippen molar-refractivity contribution in [3.8, 4) is 0 Å². The number of fused-ring (bicyclic) bond motifs is 5. The van der Waals surface area contributed by atoms with Gasteiger partial charge in [0.25, 0.3) is 0 Å². The summed E-state index contributed by atoms with van der Waals surface area (Å²) in [7, 11) is 0. The quantitative estimate of drug-likeness (QED) is 0.153. The lowest BCUT2D eigenvalue weighted by atomic mass is 9.45. The van der Waals surface area contributed by atoms with Crippen LogP contribution in [-0.2, 0) is 33.5 Å². The predicted molar refractivity (Wildman–Crippen MR) is 175 cm³/mol. The van der Waals surface area contributed by atoms with Gasteiger partial charge < -0.3 is 35.8 Å². The molecule has 13 heteroatoms. The van der Waals surface area contributed by atoms with E-state index in [1.807, 2.05) is 6.92 Å². The maximum Gasteiger partial charge on any atom is 0.333 e. The van der Waals surface area contributed by atoms with E-state index in [0.29, 0.717) is 19.3 Å². The Morgan fingerprint density at radius 1 is 1.06 bits per heavy atom. The molecular weight excluding hydrogens is 636 g/mol. The Kier molecular flexibility index (Phi) is 11.2. The highest BCUT2D eigenvalue weighted by Gasteiger charge is 2.68. The number of carbonyl (C=O) groups is 6. The van der Waals surface area contributed by atoms with E-state index in [4.69, 9.17) is 9.84 Å². The zero-order valence-corrected chi connectivity index (χ0v) is 29.5. The zero-order chi connectivity index (χ0) is 36.7. The number of Topliss-reactive ketones (excluding diaryl/α,β-unsaturated/α-hetero) is 1. The van der Waals surface area contributed by atoms with Crippen molar-refractivity contribution in [2.75, 3.05) is 13.2 Å². The number of hydrogen-bond donors (Lipinski definition) is 6. The molecule has 0 aromatic carbocycles. The van der Waals surface area contributed by atoms with E-state index < -0.39 is 70.8 Å². The molecule has 0 spiro atoms. The molecule has 274 valence electrons. The van der Waals surface area contributed by atoms with Crippen LogP contribution in [0.4, 0.5) is 0 Å². The maximum absolute atomic E-state index is 13.5. The fraction of sp³-hybridized carbons (Fsp3) is 0.778. The number of ketones is 2. The minimum atomic E-state index is -1.80. The SMILES string of the molecule is CC(C)[C@@H](NC(=O)CCC(=O)OCC(=O)[C@@]1(O)CC[C@H]2[C@@H]3CCC4=CC(=O)CC[C@]4(C)[C@H]3[C@@H](O)C[C@@]21C)C(=O)NCC(C)(C)[C@@H](O)C(=O)O. The third kappa shape index (κ3) is 7.35. The number of aliphatic hydroxyl groups excluding tert-OH is 2. The molecule has 2 amide bonds. The highest BCUT2D eigenvalue weighted by Crippen LogP contribution is 2.67. The second-order valence-electron chi connectivity index (χ2n) is 16.3. The Labute approximate surface area is 287 Å². The minimum absolute atomic E-state index is 0.0235. The van der Waals surface area contributed by atoms with Gasteiger partial charge in [-0.15, -0.1) is 0 Å². The first kappa shape index (κ1) is 38.6. The Bertz CT molecular complexity index is 1390. The van der Waals surface area contributed by atoms with Gasteiger partial charge in [-0.3, -0.25) is 24.0 Å². The van der Waals surface area contributed by atoms with Crippen LogP contribution in [-0.4, -0.2) is 92.7 Å². The number of aliphatic carboxylic acids is 1. The van der Waals surface area contributed by atoms with Crippen molar-refractivity contribution in [1.82, 2.24) is 10.6 Å². The van der Waals surface area contributed by atoms with E-state index in [1.54, 1.807) is 19.9 Å². The highest BCUT2D eigenvalue weighted by molar-refractivity contribution is 5.93. The summed E-state index contributed by atoms with van der Waals surface area (Å²) in [6, 6.07) is -0.992. The molecule has 0 saturated heterocycles. The molecule has 4 aliphatic rings. The van der Waals surface area contributed by atoms with Crippen LogP contribution in [0.3, 0.4) is 0 Å². The van der Waals surface area contributed by atoms with Crippen molar-refractivity contribution in [3.63, 3.8) is 0 Å². The summed E-state index contributed by atoms with van der Waals surface area (Å²) in [6.07, 6.45) is 2.21. The number of hydrogen-bond acceptors (Lipinski definition) is 10. The lowest BCUT2D eigenvalue weighted by molar-refractivity contribution is -0.184. The van der Waals surface area contributed by atoms with Crippen molar-refractivity contribution >= 4 is 35.3 Å². The monoisotopic (exact) mass is 690 g/mol. The molecule has 0 bridgehead atoms. The number of carboxylic acids is 1. The maximum atomic E-state index is 13.5. The molecule has 6 N–H and O–H groups in total. The largest absolute Gasteiger partial charge is 0.479 e. The fourth-order valence-corrected chi connectivity index (χ4v) is 9.34. The second-order valence-corrected chi connectivity index (χ2v) is 16.3. The van der Waals surface area contributed by atoms with Crippen LogP contribution < -0.4 is 10.6 Å². The lowest BCUT2D eigenvalue weighted by Crippen LogP contribution is -2.62. The molecule has 4 aliphatic carbocycles. The number of allylic oxidation sites excluding steroid dienone is 1. The first-order valence-corrected chi connectivity index (χ1v) is 17.5. The van der Waals surface area contributed by atoms with Crippen molar-refractivity contribution in [3.05, 3.63) is 11.6 Å². The standard InChI is InChI=1S/C36H54N2O11/c1-19(2)29(31(45)37-18-33(3,4)30(44)32(46)47)38-26(42)9-10-27(43)49-17-25(41)36(48)14-12-23-22-8-7-20-15-21(39)11-13-34(20,5)28(22)24(40)16-35(23,36)6/h15,19,22-24,28-30,40,44,48H,7-14,16-18H2,1-6H3,(H,37,45)(H,38,42)(H,46,47)/t22-,23-,24-,28+,29+,30-,34-,35-,36-/m0/s1. The first-order chi connectivity index (χ1) is 22.7. The summed E-state index contributed by atoms with van der Waals surface area (Å²) in [4.78, 5) is 74.9. The van der Waals surface area contributed by atoms with Gasteiger partial charge in [-0.05, 0) is 73.7 Å². The van der Waals surface area contributed by atoms with Crippen LogP contribution >= 0.6 is 0 Å². The predicted octanol–water partition coefficient (Wildman–Crippen LogP) is 1.84. The molecule has 49 heavy (non-hydrogen) atoms. The van der Waals surface area contributed by atoms with Crippen molar-refractivity contribution < 1.29 is 53.9 Å². The molecule has 0 aliphatic heterocycles. The van der Waals surface area contributed by atoms with Crippen LogP contribution in [0.1, 0.15) is 99.3 Å². The van der Waals surface area contributed by atoms with Crippen LogP contribution in [0.5, 0.6) is 0 Å². The number of carboxylic acid groups (broad SMARTS) is 1. The first-order valence-electron chi connectivity index (χ1n) is 17.5. The zero-order valence-electron chi connectivity index (χ0n) is 29.5. The smallest absolute Gasteiger partial charge is 0.333 e. The molecular formula is C36H54N2O11. The number of nitrogens with one attached hydrogen (secondary N) is 2. The Hall–Kier alpha value is -3.16. The van der Waals surface area contributed by atoms with Gasteiger partial charge in [0, 0.05) is 30.2 Å². The summed E-state index contributed by atoms with van der Waals surface area (Å²) < 4.78 is 5.22. The number of ether oxygens (including phenoxy) is 1. The van der Waals surface area contributed by atoms with Crippen molar-refractivity contribution in [2.24, 2.45) is 39.9 Å². The molecule has 0 unspecified atom stereocenters. The van der Waals surface area contributed by atoms with Gasteiger partial charge >= 0.3 is 11.9 Å². The van der Waals surface area contributed by atoms with Crippen LogP contribution in [0.25, 0.3) is 0 Å². The topological polar surface area (TPSA) is 217 Å². The number of rotatable bonds is 13. The van der Waals surface area contributed by atoms with Crippen LogP contribution in [0.2, 0.25) is 0 Å². The van der Waals surface area contributed by atoms with Gasteiger partial charge in [0.2, 0.25) is 17.6 Å². The van der Waals surface area contributed by atoms with Gasteiger partial charge in [0.15, 0.2) is 18.5 Å². The lowest BCUT2D eigenvalue weighted by Gasteiger charge is -2.60. The molecule has 3 saturated carbocycles. The van der Waals surface area contributed by atoms with Gasteiger partial charge in [0.1, 0.15) is 11.6 Å². The normalized spacial score (nSPS) is 33.7. The van der Waals surface area contributed by atoms with Gasteiger partial charge in [-0.2, -0.15) is 0 Å². The average molecular weight is 691 g/mol. The molecule has 0 aromatic rings. The van der Waals surface area contributed by atoms with Crippen molar-refractivity contribution in [2.45, 2.75) is 123 Å².